The minimum Gasteiger partial charge on any atom is -0.352 e. The molecule has 0 saturated heterocycles. The molecule has 0 atom stereocenters. The summed E-state index contributed by atoms with van der Waals surface area (Å²) in [5.41, 5.74) is 2.13. The predicted molar refractivity (Wildman–Crippen MR) is 66.5 cm³/mol. The van der Waals surface area contributed by atoms with Crippen molar-refractivity contribution in [1.29, 1.82) is 0 Å². The van der Waals surface area contributed by atoms with Crippen molar-refractivity contribution in [2.24, 2.45) is 0 Å². The number of allylic oxidation sites excluding steroid dienone is 3. The van der Waals surface area contributed by atoms with E-state index in [1.165, 1.54) is 6.08 Å². The van der Waals surface area contributed by atoms with E-state index in [4.69, 9.17) is 0 Å². The standard InChI is InChI=1S/C14H13NO2/c1-9-8-12(16)13(10(2)14(9)17)15-11-6-4-3-5-7-11/h3-8,15H,1-2H3. The molecule has 86 valence electrons. The first-order chi connectivity index (χ1) is 8.09. The van der Waals surface area contributed by atoms with Gasteiger partial charge in [-0.25, -0.2) is 0 Å². The first-order valence-corrected chi connectivity index (χ1v) is 5.40. The first-order valence-electron chi connectivity index (χ1n) is 5.40. The predicted octanol–water partition coefficient (Wildman–Crippen LogP) is 2.47. The molecule has 3 nitrogen and oxygen atoms in total. The summed E-state index contributed by atoms with van der Waals surface area (Å²) < 4.78 is 0. The Bertz CT molecular complexity index is 539. The largest absolute Gasteiger partial charge is 0.352 e. The molecule has 1 aromatic carbocycles. The molecule has 1 aliphatic rings. The number of ketones is 2. The molecular weight excluding hydrogens is 214 g/mol. The molecule has 1 aliphatic carbocycles. The fourth-order valence-corrected chi connectivity index (χ4v) is 1.75. The van der Waals surface area contributed by atoms with Crippen molar-refractivity contribution in [1.82, 2.24) is 0 Å². The van der Waals surface area contributed by atoms with Crippen LogP contribution in [0.5, 0.6) is 0 Å². The number of anilines is 1. The second-order valence-electron chi connectivity index (χ2n) is 4.01. The van der Waals surface area contributed by atoms with E-state index in [1.807, 2.05) is 30.3 Å². The highest BCUT2D eigenvalue weighted by atomic mass is 16.1. The highest BCUT2D eigenvalue weighted by molar-refractivity contribution is 6.23. The Labute approximate surface area is 99.8 Å². The average molecular weight is 227 g/mol. The summed E-state index contributed by atoms with van der Waals surface area (Å²) in [6, 6.07) is 9.33. The number of benzene rings is 1. The van der Waals surface area contributed by atoms with Gasteiger partial charge in [0, 0.05) is 16.8 Å². The van der Waals surface area contributed by atoms with Crippen molar-refractivity contribution < 1.29 is 9.59 Å². The molecular formula is C14H13NO2. The van der Waals surface area contributed by atoms with Gasteiger partial charge in [-0.2, -0.15) is 0 Å². The van der Waals surface area contributed by atoms with Crippen LogP contribution in [-0.4, -0.2) is 11.6 Å². The molecule has 17 heavy (non-hydrogen) atoms. The molecule has 2 rings (SSSR count). The molecule has 0 radical (unpaired) electrons. The van der Waals surface area contributed by atoms with Crippen LogP contribution in [-0.2, 0) is 9.59 Å². The lowest BCUT2D eigenvalue weighted by atomic mass is 9.95. The van der Waals surface area contributed by atoms with Gasteiger partial charge in [0.2, 0.25) is 5.78 Å². The van der Waals surface area contributed by atoms with Gasteiger partial charge in [0.05, 0.1) is 5.70 Å². The zero-order chi connectivity index (χ0) is 12.4. The fraction of sp³-hybridized carbons (Fsp3) is 0.143. The highest BCUT2D eigenvalue weighted by Crippen LogP contribution is 2.20. The van der Waals surface area contributed by atoms with E-state index < -0.39 is 0 Å². The molecule has 1 N–H and O–H groups in total. The Morgan fingerprint density at radius 2 is 1.65 bits per heavy atom. The molecule has 0 heterocycles. The van der Waals surface area contributed by atoms with E-state index in [1.54, 1.807) is 13.8 Å². The van der Waals surface area contributed by atoms with Gasteiger partial charge >= 0.3 is 0 Å². The Morgan fingerprint density at radius 3 is 2.29 bits per heavy atom. The maximum atomic E-state index is 11.8. The summed E-state index contributed by atoms with van der Waals surface area (Å²) in [4.78, 5) is 23.6. The Balaban J connectivity index is 2.33. The Hall–Kier alpha value is -2.16. The van der Waals surface area contributed by atoms with Crippen molar-refractivity contribution >= 4 is 17.3 Å². The maximum Gasteiger partial charge on any atom is 0.202 e. The summed E-state index contributed by atoms with van der Waals surface area (Å²) in [7, 11) is 0. The van der Waals surface area contributed by atoms with Crippen LogP contribution in [0.1, 0.15) is 13.8 Å². The summed E-state index contributed by atoms with van der Waals surface area (Å²) in [6.45, 7) is 3.32. The Morgan fingerprint density at radius 1 is 1.00 bits per heavy atom. The second kappa shape index (κ2) is 4.37. The van der Waals surface area contributed by atoms with Crippen LogP contribution in [0.4, 0.5) is 5.69 Å². The van der Waals surface area contributed by atoms with Gasteiger partial charge in [-0.05, 0) is 32.1 Å². The monoisotopic (exact) mass is 227 g/mol. The normalized spacial score (nSPS) is 16.0. The fourth-order valence-electron chi connectivity index (χ4n) is 1.75. The second-order valence-corrected chi connectivity index (χ2v) is 4.01. The number of para-hydroxylation sites is 1. The van der Waals surface area contributed by atoms with Crippen LogP contribution >= 0.6 is 0 Å². The number of hydrogen-bond acceptors (Lipinski definition) is 3. The van der Waals surface area contributed by atoms with E-state index in [0.717, 1.165) is 5.69 Å². The number of Topliss-reactive ketones (excluding diaryl/α,β-unsaturated/α-hetero) is 1. The number of nitrogens with one attached hydrogen (secondary N) is 1. The third-order valence-corrected chi connectivity index (χ3v) is 2.71. The summed E-state index contributed by atoms with van der Waals surface area (Å²) in [6.07, 6.45) is 1.38. The lowest BCUT2D eigenvalue weighted by molar-refractivity contribution is -0.115. The van der Waals surface area contributed by atoms with Crippen LogP contribution in [0.3, 0.4) is 0 Å². The molecule has 0 fully saturated rings. The first kappa shape index (κ1) is 11.3. The van der Waals surface area contributed by atoms with Gasteiger partial charge in [-0.3, -0.25) is 9.59 Å². The van der Waals surface area contributed by atoms with Crippen molar-refractivity contribution in [3.8, 4) is 0 Å². The van der Waals surface area contributed by atoms with E-state index >= 15 is 0 Å². The lowest BCUT2D eigenvalue weighted by Gasteiger charge is -2.16. The molecule has 1 aromatic rings. The third kappa shape index (κ3) is 2.18. The Kier molecular flexibility index (Phi) is 2.91. The molecule has 0 amide bonds. The van der Waals surface area contributed by atoms with Crippen molar-refractivity contribution in [2.75, 3.05) is 5.32 Å². The smallest absolute Gasteiger partial charge is 0.202 e. The van der Waals surface area contributed by atoms with Gasteiger partial charge in [0.15, 0.2) is 5.78 Å². The van der Waals surface area contributed by atoms with Gasteiger partial charge in [0.1, 0.15) is 0 Å². The van der Waals surface area contributed by atoms with E-state index in [0.29, 0.717) is 16.8 Å². The summed E-state index contributed by atoms with van der Waals surface area (Å²) in [5, 5.41) is 3.00. The van der Waals surface area contributed by atoms with Gasteiger partial charge in [0.25, 0.3) is 0 Å². The van der Waals surface area contributed by atoms with Crippen LogP contribution in [0.2, 0.25) is 0 Å². The summed E-state index contributed by atoms with van der Waals surface area (Å²) >= 11 is 0. The molecule has 3 heteroatoms. The topological polar surface area (TPSA) is 46.2 Å². The number of rotatable bonds is 2. The van der Waals surface area contributed by atoms with E-state index in [9.17, 15) is 9.59 Å². The van der Waals surface area contributed by atoms with Gasteiger partial charge in [-0.1, -0.05) is 18.2 Å². The van der Waals surface area contributed by atoms with Gasteiger partial charge in [-0.15, -0.1) is 0 Å². The quantitative estimate of drug-likeness (QED) is 0.789. The van der Waals surface area contributed by atoms with Crippen LogP contribution in [0.25, 0.3) is 0 Å². The molecule has 0 unspecified atom stereocenters. The average Bonchev–Trinajstić information content (AvgIpc) is 2.33. The number of carbonyl (C=O) groups is 2. The molecule has 0 saturated carbocycles. The SMILES string of the molecule is CC1=CC(=O)C(Nc2ccccc2)=C(C)C1=O. The highest BCUT2D eigenvalue weighted by Gasteiger charge is 2.23. The van der Waals surface area contributed by atoms with Gasteiger partial charge < -0.3 is 5.32 Å². The number of carbonyl (C=O) groups excluding carboxylic acids is 2. The summed E-state index contributed by atoms with van der Waals surface area (Å²) in [5.74, 6) is -0.230. The van der Waals surface area contributed by atoms with Crippen molar-refractivity contribution in [2.45, 2.75) is 13.8 Å². The zero-order valence-corrected chi connectivity index (χ0v) is 9.78. The minimum atomic E-state index is -0.150. The zero-order valence-electron chi connectivity index (χ0n) is 9.78. The van der Waals surface area contributed by atoms with Crippen LogP contribution in [0, 0.1) is 0 Å². The van der Waals surface area contributed by atoms with Crippen molar-refractivity contribution in [3.05, 3.63) is 53.3 Å². The molecule has 0 aromatic heterocycles. The van der Waals surface area contributed by atoms with Crippen molar-refractivity contribution in [3.63, 3.8) is 0 Å². The third-order valence-electron chi connectivity index (χ3n) is 2.71. The molecule has 0 bridgehead atoms. The molecule has 0 spiro atoms. The maximum absolute atomic E-state index is 11.8. The van der Waals surface area contributed by atoms with Crippen LogP contribution < -0.4 is 5.32 Å². The number of hydrogen-bond donors (Lipinski definition) is 1. The lowest BCUT2D eigenvalue weighted by Crippen LogP contribution is -2.21. The van der Waals surface area contributed by atoms with E-state index in [2.05, 4.69) is 5.32 Å². The van der Waals surface area contributed by atoms with Crippen LogP contribution in [0.15, 0.2) is 53.3 Å². The molecule has 0 aliphatic heterocycles. The van der Waals surface area contributed by atoms with E-state index in [-0.39, 0.29) is 11.6 Å². The minimum absolute atomic E-state index is 0.0805.